The van der Waals surface area contributed by atoms with Crippen molar-refractivity contribution in [3.05, 3.63) is 12.2 Å². The number of carbonyl (C=O) groups excluding carboxylic acids is 1. The highest BCUT2D eigenvalue weighted by molar-refractivity contribution is 6.34. The summed E-state index contributed by atoms with van der Waals surface area (Å²) in [5.74, 6) is -3.48. The van der Waals surface area contributed by atoms with E-state index in [1.807, 2.05) is 0 Å². The van der Waals surface area contributed by atoms with Gasteiger partial charge in [0.05, 0.1) is 13.0 Å². The Morgan fingerprint density at radius 3 is 2.24 bits per heavy atom. The third-order valence-corrected chi connectivity index (χ3v) is 2.38. The SMILES string of the molecule is C=C(C)C(=O)OCCC(Cl)(CC(=O)O)C(=O)O. The van der Waals surface area contributed by atoms with Crippen LogP contribution in [0.3, 0.4) is 0 Å². The van der Waals surface area contributed by atoms with Crippen molar-refractivity contribution in [2.45, 2.75) is 24.6 Å². The van der Waals surface area contributed by atoms with E-state index in [-0.39, 0.29) is 18.6 Å². The molecule has 0 heterocycles. The van der Waals surface area contributed by atoms with Gasteiger partial charge in [-0.1, -0.05) is 6.58 Å². The average molecular weight is 265 g/mol. The van der Waals surface area contributed by atoms with Crippen molar-refractivity contribution in [1.82, 2.24) is 0 Å². The Morgan fingerprint density at radius 1 is 1.35 bits per heavy atom. The van der Waals surface area contributed by atoms with E-state index >= 15 is 0 Å². The zero-order valence-electron chi connectivity index (χ0n) is 9.23. The van der Waals surface area contributed by atoms with Crippen LogP contribution in [0.15, 0.2) is 12.2 Å². The highest BCUT2D eigenvalue weighted by Gasteiger charge is 2.38. The predicted octanol–water partition coefficient (Wildman–Crippen LogP) is 1.03. The Hall–Kier alpha value is -1.56. The summed E-state index contributed by atoms with van der Waals surface area (Å²) in [7, 11) is 0. The molecular weight excluding hydrogens is 252 g/mol. The van der Waals surface area contributed by atoms with Crippen molar-refractivity contribution in [1.29, 1.82) is 0 Å². The molecule has 6 nitrogen and oxygen atoms in total. The number of esters is 1. The van der Waals surface area contributed by atoms with E-state index in [0.717, 1.165) is 0 Å². The average Bonchev–Trinajstić information content (AvgIpc) is 2.15. The fourth-order valence-electron chi connectivity index (χ4n) is 0.939. The van der Waals surface area contributed by atoms with Crippen molar-refractivity contribution in [3.63, 3.8) is 0 Å². The van der Waals surface area contributed by atoms with Gasteiger partial charge in [0.25, 0.3) is 0 Å². The summed E-state index contributed by atoms with van der Waals surface area (Å²) in [4.78, 5) is 30.3. The van der Waals surface area contributed by atoms with Crippen LogP contribution >= 0.6 is 11.6 Å². The number of carboxylic acids is 2. The molecule has 7 heteroatoms. The monoisotopic (exact) mass is 264 g/mol. The van der Waals surface area contributed by atoms with Crippen LogP contribution in [-0.4, -0.2) is 39.6 Å². The highest BCUT2D eigenvalue weighted by Crippen LogP contribution is 2.25. The van der Waals surface area contributed by atoms with E-state index in [1.165, 1.54) is 6.92 Å². The number of alkyl halides is 1. The first-order valence-electron chi connectivity index (χ1n) is 4.66. The van der Waals surface area contributed by atoms with Gasteiger partial charge in [0, 0.05) is 12.0 Å². The molecule has 0 aliphatic rings. The van der Waals surface area contributed by atoms with Crippen LogP contribution in [0.25, 0.3) is 0 Å². The molecule has 0 saturated carbocycles. The van der Waals surface area contributed by atoms with Crippen LogP contribution in [-0.2, 0) is 19.1 Å². The van der Waals surface area contributed by atoms with Crippen LogP contribution in [0, 0.1) is 0 Å². The number of halogens is 1. The van der Waals surface area contributed by atoms with E-state index in [4.69, 9.17) is 21.8 Å². The van der Waals surface area contributed by atoms with E-state index in [1.54, 1.807) is 0 Å². The lowest BCUT2D eigenvalue weighted by atomic mass is 10.0. The lowest BCUT2D eigenvalue weighted by molar-refractivity contribution is -0.148. The van der Waals surface area contributed by atoms with Gasteiger partial charge in [-0.05, 0) is 6.92 Å². The number of aliphatic carboxylic acids is 2. The summed E-state index contributed by atoms with van der Waals surface area (Å²) < 4.78 is 4.65. The molecule has 0 aliphatic heterocycles. The summed E-state index contributed by atoms with van der Waals surface area (Å²) in [6, 6.07) is 0. The van der Waals surface area contributed by atoms with Gasteiger partial charge in [0.1, 0.15) is 0 Å². The lowest BCUT2D eigenvalue weighted by Gasteiger charge is -2.19. The van der Waals surface area contributed by atoms with E-state index < -0.39 is 29.2 Å². The van der Waals surface area contributed by atoms with Crippen LogP contribution in [0.5, 0.6) is 0 Å². The molecule has 0 saturated heterocycles. The number of hydrogen-bond donors (Lipinski definition) is 2. The fourth-order valence-corrected chi connectivity index (χ4v) is 1.13. The summed E-state index contributed by atoms with van der Waals surface area (Å²) in [5.41, 5.74) is 0.165. The van der Waals surface area contributed by atoms with Crippen molar-refractivity contribution >= 4 is 29.5 Å². The summed E-state index contributed by atoms with van der Waals surface area (Å²) in [6.07, 6.45) is -1.05. The zero-order chi connectivity index (χ0) is 13.6. The molecule has 1 unspecified atom stereocenters. The van der Waals surface area contributed by atoms with E-state index in [9.17, 15) is 14.4 Å². The van der Waals surface area contributed by atoms with Gasteiger partial charge in [0.2, 0.25) is 0 Å². The largest absolute Gasteiger partial charge is 0.481 e. The maximum atomic E-state index is 11.0. The molecule has 0 aliphatic carbocycles. The molecular formula is C10H13ClO6. The third-order valence-electron chi connectivity index (χ3n) is 1.89. The number of rotatable bonds is 7. The van der Waals surface area contributed by atoms with E-state index in [2.05, 4.69) is 11.3 Å². The van der Waals surface area contributed by atoms with Crippen LogP contribution in [0.4, 0.5) is 0 Å². The molecule has 0 radical (unpaired) electrons. The van der Waals surface area contributed by atoms with Crippen molar-refractivity contribution in [2.24, 2.45) is 0 Å². The Kier molecular flexibility index (Phi) is 5.67. The second-order valence-corrected chi connectivity index (χ2v) is 4.23. The summed E-state index contributed by atoms with van der Waals surface area (Å²) in [6.45, 7) is 4.49. The lowest BCUT2D eigenvalue weighted by Crippen LogP contribution is -2.36. The Balaban J connectivity index is 4.38. The minimum Gasteiger partial charge on any atom is -0.481 e. The maximum absolute atomic E-state index is 11.0. The second kappa shape index (κ2) is 6.24. The molecule has 0 aromatic heterocycles. The van der Waals surface area contributed by atoms with Gasteiger partial charge in [-0.2, -0.15) is 0 Å². The van der Waals surface area contributed by atoms with Gasteiger partial charge in [-0.15, -0.1) is 11.6 Å². The first-order valence-corrected chi connectivity index (χ1v) is 5.03. The van der Waals surface area contributed by atoms with Gasteiger partial charge in [-0.25, -0.2) is 4.79 Å². The molecule has 2 N–H and O–H groups in total. The van der Waals surface area contributed by atoms with Crippen molar-refractivity contribution in [3.8, 4) is 0 Å². The van der Waals surface area contributed by atoms with Crippen molar-refractivity contribution < 1.29 is 29.3 Å². The molecule has 0 aromatic carbocycles. The maximum Gasteiger partial charge on any atom is 0.333 e. The smallest absolute Gasteiger partial charge is 0.333 e. The minimum atomic E-state index is -1.97. The fraction of sp³-hybridized carbons (Fsp3) is 0.500. The molecule has 1 atom stereocenters. The molecule has 96 valence electrons. The number of ether oxygens (including phenoxy) is 1. The number of carbonyl (C=O) groups is 3. The summed E-state index contributed by atoms with van der Waals surface area (Å²) >= 11 is 5.64. The predicted molar refractivity (Wildman–Crippen MR) is 58.9 cm³/mol. The quantitative estimate of drug-likeness (QED) is 0.405. The topological polar surface area (TPSA) is 101 Å². The minimum absolute atomic E-state index is 0.165. The Bertz CT molecular complexity index is 351. The highest BCUT2D eigenvalue weighted by atomic mass is 35.5. The first-order chi connectivity index (χ1) is 7.69. The number of carboxylic acid groups (broad SMARTS) is 2. The Labute approximate surface area is 103 Å². The number of hydrogen-bond acceptors (Lipinski definition) is 4. The first kappa shape index (κ1) is 15.4. The molecule has 0 aromatic rings. The molecule has 0 amide bonds. The summed E-state index contributed by atoms with van der Waals surface area (Å²) in [5, 5.41) is 17.3. The zero-order valence-corrected chi connectivity index (χ0v) is 9.99. The van der Waals surface area contributed by atoms with E-state index in [0.29, 0.717) is 0 Å². The van der Waals surface area contributed by atoms with Gasteiger partial charge in [-0.3, -0.25) is 9.59 Å². The van der Waals surface area contributed by atoms with Crippen molar-refractivity contribution in [2.75, 3.05) is 6.61 Å². The van der Waals surface area contributed by atoms with Gasteiger partial charge in [0.15, 0.2) is 4.87 Å². The second-order valence-electron chi connectivity index (χ2n) is 3.51. The molecule has 17 heavy (non-hydrogen) atoms. The van der Waals surface area contributed by atoms with Crippen LogP contribution < -0.4 is 0 Å². The molecule has 0 rings (SSSR count). The molecule has 0 spiro atoms. The van der Waals surface area contributed by atoms with Gasteiger partial charge < -0.3 is 14.9 Å². The van der Waals surface area contributed by atoms with Crippen LogP contribution in [0.2, 0.25) is 0 Å². The third kappa shape index (κ3) is 5.35. The van der Waals surface area contributed by atoms with Crippen LogP contribution in [0.1, 0.15) is 19.8 Å². The van der Waals surface area contributed by atoms with Gasteiger partial charge >= 0.3 is 17.9 Å². The molecule has 0 fully saturated rings. The standard InChI is InChI=1S/C10H13ClO6/c1-6(2)8(14)17-4-3-10(11,9(15)16)5-7(12)13/h1,3-5H2,2H3,(H,12,13)(H,15,16). The molecule has 0 bridgehead atoms. The Morgan fingerprint density at radius 2 is 1.88 bits per heavy atom. The normalized spacial score (nSPS) is 13.5.